The molecule has 0 bridgehead atoms. The molecule has 1 amide bonds. The summed E-state index contributed by atoms with van der Waals surface area (Å²) < 4.78 is 7.58. The molecule has 0 atom stereocenters. The predicted octanol–water partition coefficient (Wildman–Crippen LogP) is 2.21. The maximum atomic E-state index is 12.8. The molecule has 2 aromatic heterocycles. The van der Waals surface area contributed by atoms with Gasteiger partial charge in [-0.25, -0.2) is 4.99 Å². The van der Waals surface area contributed by atoms with Crippen molar-refractivity contribution >= 4 is 17.6 Å². The predicted molar refractivity (Wildman–Crippen MR) is 127 cm³/mol. The topological polar surface area (TPSA) is 87.9 Å². The van der Waals surface area contributed by atoms with Crippen LogP contribution in [0.1, 0.15) is 18.2 Å². The van der Waals surface area contributed by atoms with Crippen LogP contribution in [0.25, 0.3) is 0 Å². The molecule has 3 aromatic rings. The largest absolute Gasteiger partial charge is 0.487 e. The quantitative estimate of drug-likeness (QED) is 0.441. The average molecular weight is 448 g/mol. The van der Waals surface area contributed by atoms with E-state index in [2.05, 4.69) is 15.4 Å². The molecule has 0 saturated carbocycles. The Hall–Kier alpha value is -3.88. The number of hydrogen-bond donors (Lipinski definition) is 1. The summed E-state index contributed by atoms with van der Waals surface area (Å²) in [5, 5.41) is 7.48. The first-order valence-electron chi connectivity index (χ1n) is 11.1. The molecule has 0 aliphatic carbocycles. The fourth-order valence-corrected chi connectivity index (χ4v) is 3.64. The maximum Gasteiger partial charge on any atom is 0.246 e. The van der Waals surface area contributed by atoms with Gasteiger partial charge < -0.3 is 19.9 Å². The van der Waals surface area contributed by atoms with Crippen molar-refractivity contribution in [2.45, 2.75) is 20.1 Å². The summed E-state index contributed by atoms with van der Waals surface area (Å²) in [5.74, 6) is 1.54. The number of aliphatic imine (C=N–C) groups is 1. The van der Waals surface area contributed by atoms with Crippen molar-refractivity contribution in [3.05, 3.63) is 72.3 Å². The van der Waals surface area contributed by atoms with E-state index in [0.717, 1.165) is 35.2 Å². The summed E-state index contributed by atoms with van der Waals surface area (Å²) in [6, 6.07) is 13.7. The number of nitrogens with one attached hydrogen (secondary N) is 1. The second-order valence-electron chi connectivity index (χ2n) is 7.77. The number of pyridine rings is 1. The molecule has 1 saturated heterocycles. The van der Waals surface area contributed by atoms with E-state index >= 15 is 0 Å². The van der Waals surface area contributed by atoms with Gasteiger partial charge in [-0.15, -0.1) is 0 Å². The molecule has 9 nitrogen and oxygen atoms in total. The molecule has 1 fully saturated rings. The standard InChI is InChI=1S/C24H29N7O2/c1-3-25-24(30-11-12-31(23(32)17-30)21-15-28-29(2)16-21)27-14-19-7-6-9-22(13-19)33-18-20-8-4-5-10-26-20/h4-10,13,15-16H,3,11-12,14,17-18H2,1-2H3,(H,25,27). The maximum absolute atomic E-state index is 12.8. The fourth-order valence-electron chi connectivity index (χ4n) is 3.64. The zero-order chi connectivity index (χ0) is 23.0. The van der Waals surface area contributed by atoms with E-state index < -0.39 is 0 Å². The lowest BCUT2D eigenvalue weighted by Gasteiger charge is -2.35. The Kier molecular flexibility index (Phi) is 7.19. The Morgan fingerprint density at radius 3 is 2.85 bits per heavy atom. The van der Waals surface area contributed by atoms with Gasteiger partial charge in [-0.1, -0.05) is 18.2 Å². The average Bonchev–Trinajstić information content (AvgIpc) is 3.27. The van der Waals surface area contributed by atoms with Crippen molar-refractivity contribution in [3.8, 4) is 5.75 Å². The van der Waals surface area contributed by atoms with Crippen LogP contribution in [0.15, 0.2) is 66.0 Å². The molecule has 4 rings (SSSR count). The van der Waals surface area contributed by atoms with Crippen molar-refractivity contribution in [3.63, 3.8) is 0 Å². The third kappa shape index (κ3) is 5.88. The van der Waals surface area contributed by atoms with Gasteiger partial charge >= 0.3 is 0 Å². The molecule has 172 valence electrons. The first kappa shape index (κ1) is 22.3. The molecule has 9 heteroatoms. The number of anilines is 1. The monoisotopic (exact) mass is 447 g/mol. The van der Waals surface area contributed by atoms with Crippen LogP contribution in [-0.4, -0.2) is 57.7 Å². The van der Waals surface area contributed by atoms with Crippen molar-refractivity contribution < 1.29 is 9.53 Å². The van der Waals surface area contributed by atoms with Gasteiger partial charge in [0, 0.05) is 39.1 Å². The second kappa shape index (κ2) is 10.6. The van der Waals surface area contributed by atoms with Gasteiger partial charge in [0.2, 0.25) is 5.91 Å². The second-order valence-corrected chi connectivity index (χ2v) is 7.77. The van der Waals surface area contributed by atoms with E-state index in [9.17, 15) is 4.79 Å². The molecule has 3 heterocycles. The summed E-state index contributed by atoms with van der Waals surface area (Å²) in [5.41, 5.74) is 2.74. The number of piperazine rings is 1. The van der Waals surface area contributed by atoms with E-state index in [-0.39, 0.29) is 12.5 Å². The molecule has 0 radical (unpaired) electrons. The first-order chi connectivity index (χ1) is 16.1. The number of hydrogen-bond acceptors (Lipinski definition) is 5. The zero-order valence-corrected chi connectivity index (χ0v) is 19.0. The highest BCUT2D eigenvalue weighted by atomic mass is 16.5. The van der Waals surface area contributed by atoms with Crippen LogP contribution in [0.3, 0.4) is 0 Å². The lowest BCUT2D eigenvalue weighted by atomic mass is 10.2. The Labute approximate surface area is 193 Å². The fraction of sp³-hybridized carbons (Fsp3) is 0.333. The van der Waals surface area contributed by atoms with Crippen LogP contribution in [-0.2, 0) is 25.0 Å². The normalized spacial score (nSPS) is 14.5. The molecule has 33 heavy (non-hydrogen) atoms. The molecule has 1 N–H and O–H groups in total. The van der Waals surface area contributed by atoms with Crippen LogP contribution < -0.4 is 15.0 Å². The van der Waals surface area contributed by atoms with Gasteiger partial charge in [0.05, 0.1) is 24.1 Å². The lowest BCUT2D eigenvalue weighted by molar-refractivity contribution is -0.120. The number of guanidine groups is 1. The minimum Gasteiger partial charge on any atom is -0.487 e. The van der Waals surface area contributed by atoms with Gasteiger partial charge in [-0.05, 0) is 36.8 Å². The number of ether oxygens (including phenoxy) is 1. The number of benzene rings is 1. The molecule has 1 aromatic carbocycles. The van der Waals surface area contributed by atoms with Gasteiger partial charge in [-0.2, -0.15) is 5.10 Å². The number of aromatic nitrogens is 3. The Morgan fingerprint density at radius 1 is 1.21 bits per heavy atom. The SMILES string of the molecule is CCNC(=NCc1cccc(OCc2ccccn2)c1)N1CCN(c2cnn(C)c2)C(=O)C1. The van der Waals surface area contributed by atoms with E-state index in [1.807, 2.05) is 67.5 Å². The third-order valence-corrected chi connectivity index (χ3v) is 5.28. The molecule has 0 unspecified atom stereocenters. The number of amides is 1. The Morgan fingerprint density at radius 2 is 2.12 bits per heavy atom. The minimum atomic E-state index is 0.0322. The van der Waals surface area contributed by atoms with E-state index in [1.54, 1.807) is 22.0 Å². The van der Waals surface area contributed by atoms with Gasteiger partial charge in [-0.3, -0.25) is 14.5 Å². The molecule has 0 spiro atoms. The number of aryl methyl sites for hydroxylation is 1. The number of carbonyl (C=O) groups excluding carboxylic acids is 1. The lowest BCUT2D eigenvalue weighted by Crippen LogP contribution is -2.55. The van der Waals surface area contributed by atoms with Crippen LogP contribution in [0, 0.1) is 0 Å². The summed E-state index contributed by atoms with van der Waals surface area (Å²) in [7, 11) is 1.85. The highest BCUT2D eigenvalue weighted by molar-refractivity contribution is 5.98. The zero-order valence-electron chi connectivity index (χ0n) is 19.0. The van der Waals surface area contributed by atoms with Crippen LogP contribution in [0.2, 0.25) is 0 Å². The molecular formula is C24H29N7O2. The number of nitrogens with zero attached hydrogens (tertiary/aromatic N) is 6. The highest BCUT2D eigenvalue weighted by Gasteiger charge is 2.27. The number of carbonyl (C=O) groups is 1. The minimum absolute atomic E-state index is 0.0322. The third-order valence-electron chi connectivity index (χ3n) is 5.28. The van der Waals surface area contributed by atoms with Crippen molar-refractivity contribution in [1.82, 2.24) is 25.0 Å². The Balaban J connectivity index is 1.38. The number of rotatable bonds is 7. The van der Waals surface area contributed by atoms with Crippen molar-refractivity contribution in [2.24, 2.45) is 12.0 Å². The van der Waals surface area contributed by atoms with Crippen LogP contribution in [0.4, 0.5) is 5.69 Å². The van der Waals surface area contributed by atoms with Gasteiger partial charge in [0.25, 0.3) is 0 Å². The molecule has 1 aliphatic heterocycles. The summed E-state index contributed by atoms with van der Waals surface area (Å²) in [6.07, 6.45) is 5.33. The highest BCUT2D eigenvalue weighted by Crippen LogP contribution is 2.18. The smallest absolute Gasteiger partial charge is 0.246 e. The molecule has 1 aliphatic rings. The summed E-state index contributed by atoms with van der Waals surface area (Å²) >= 11 is 0. The summed E-state index contributed by atoms with van der Waals surface area (Å²) in [6.45, 7) is 5.21. The van der Waals surface area contributed by atoms with Crippen LogP contribution >= 0.6 is 0 Å². The van der Waals surface area contributed by atoms with Crippen LogP contribution in [0.5, 0.6) is 5.75 Å². The van der Waals surface area contributed by atoms with E-state index in [1.165, 1.54) is 0 Å². The van der Waals surface area contributed by atoms with E-state index in [4.69, 9.17) is 9.73 Å². The summed E-state index contributed by atoms with van der Waals surface area (Å²) in [4.78, 5) is 25.6. The van der Waals surface area contributed by atoms with E-state index in [0.29, 0.717) is 26.2 Å². The molecular weight excluding hydrogens is 418 g/mol. The van der Waals surface area contributed by atoms with Gasteiger partial charge in [0.15, 0.2) is 5.96 Å². The first-order valence-corrected chi connectivity index (χ1v) is 11.1. The van der Waals surface area contributed by atoms with Crippen molar-refractivity contribution in [2.75, 3.05) is 31.1 Å². The Bertz CT molecular complexity index is 1100. The van der Waals surface area contributed by atoms with Gasteiger partial charge in [0.1, 0.15) is 18.9 Å². The van der Waals surface area contributed by atoms with Crippen molar-refractivity contribution in [1.29, 1.82) is 0 Å².